The van der Waals surface area contributed by atoms with Crippen LogP contribution in [0.1, 0.15) is 23.3 Å². The van der Waals surface area contributed by atoms with Crippen LogP contribution in [0.3, 0.4) is 0 Å². The van der Waals surface area contributed by atoms with Crippen LogP contribution in [0.15, 0.2) is 30.6 Å². The van der Waals surface area contributed by atoms with Crippen LogP contribution in [0.25, 0.3) is 0 Å². The maximum Gasteiger partial charge on any atom is 0.267 e. The van der Waals surface area contributed by atoms with Gasteiger partial charge in [0.25, 0.3) is 5.91 Å². The highest BCUT2D eigenvalue weighted by molar-refractivity contribution is 5.91. The summed E-state index contributed by atoms with van der Waals surface area (Å²) in [6, 6.07) is 5.22. The fourth-order valence-electron chi connectivity index (χ4n) is 2.89. The van der Waals surface area contributed by atoms with E-state index in [1.165, 1.54) is 6.20 Å². The summed E-state index contributed by atoms with van der Waals surface area (Å²) >= 11 is 0. The summed E-state index contributed by atoms with van der Waals surface area (Å²) in [6.45, 7) is 2.40. The number of aromatic nitrogens is 3. The number of primary amides is 1. The number of amides is 1. The number of piperidine rings is 1. The molecule has 0 bridgehead atoms. The van der Waals surface area contributed by atoms with Crippen LogP contribution in [-0.2, 0) is 0 Å². The van der Waals surface area contributed by atoms with Crippen molar-refractivity contribution in [2.75, 3.05) is 43.6 Å². The molecule has 1 fully saturated rings. The average Bonchev–Trinajstić information content (AvgIpc) is 2.67. The minimum atomic E-state index is -0.552. The van der Waals surface area contributed by atoms with Crippen molar-refractivity contribution in [2.24, 2.45) is 11.7 Å². The second kappa shape index (κ2) is 7.99. The molecule has 2 aromatic rings. The smallest absolute Gasteiger partial charge is 0.267 e. The second-order valence-electron chi connectivity index (χ2n) is 6.59. The number of rotatable bonds is 6. The van der Waals surface area contributed by atoms with Gasteiger partial charge in [0.2, 0.25) is 5.95 Å². The lowest BCUT2D eigenvalue weighted by Crippen LogP contribution is -2.36. The van der Waals surface area contributed by atoms with Crippen molar-refractivity contribution in [3.05, 3.63) is 36.3 Å². The lowest BCUT2D eigenvalue weighted by atomic mass is 9.98. The Bertz CT molecular complexity index is 759. The molecule has 1 aliphatic rings. The highest BCUT2D eigenvalue weighted by atomic mass is 16.5. The summed E-state index contributed by atoms with van der Waals surface area (Å²) < 4.78 is 5.82. The Hall–Kier alpha value is -2.90. The zero-order valence-electron chi connectivity index (χ0n) is 15.1. The fraction of sp³-hybridized carbons (Fsp3) is 0.444. The molecule has 8 nitrogen and oxygen atoms in total. The molecule has 1 amide bonds. The van der Waals surface area contributed by atoms with Crippen LogP contribution in [0.2, 0.25) is 0 Å². The number of hydrogen-bond acceptors (Lipinski definition) is 7. The quantitative estimate of drug-likeness (QED) is 0.834. The van der Waals surface area contributed by atoms with E-state index >= 15 is 0 Å². The minimum Gasteiger partial charge on any atom is -0.493 e. The molecule has 1 saturated heterocycles. The molecule has 0 aliphatic carbocycles. The van der Waals surface area contributed by atoms with E-state index in [1.807, 2.05) is 25.1 Å². The Morgan fingerprint density at radius 1 is 1.27 bits per heavy atom. The molecule has 0 spiro atoms. The Morgan fingerprint density at radius 3 is 2.69 bits per heavy atom. The van der Waals surface area contributed by atoms with E-state index in [4.69, 9.17) is 10.5 Å². The van der Waals surface area contributed by atoms with Crippen LogP contribution < -0.4 is 20.3 Å². The molecule has 0 saturated carbocycles. The standard InChI is InChI=1S/C18H24N6O2/c1-23(2)16-4-8-21-18(22-16)24-9-5-13(6-10-24)12-26-14-3-7-20-15(11-14)17(19)25/h3-4,7-8,11,13H,5-6,9-10,12H2,1-2H3,(H2,19,25). The van der Waals surface area contributed by atoms with E-state index in [9.17, 15) is 4.79 Å². The van der Waals surface area contributed by atoms with E-state index in [2.05, 4.69) is 19.9 Å². The monoisotopic (exact) mass is 356 g/mol. The van der Waals surface area contributed by atoms with Crippen LogP contribution in [0, 0.1) is 5.92 Å². The molecule has 8 heteroatoms. The summed E-state index contributed by atoms with van der Waals surface area (Å²) in [5.74, 6) is 2.20. The molecule has 3 heterocycles. The maximum atomic E-state index is 11.2. The SMILES string of the molecule is CN(C)c1ccnc(N2CCC(COc3ccnc(C(N)=O)c3)CC2)n1. The van der Waals surface area contributed by atoms with E-state index in [-0.39, 0.29) is 5.69 Å². The lowest BCUT2D eigenvalue weighted by Gasteiger charge is -2.32. The Balaban J connectivity index is 1.52. The second-order valence-corrected chi connectivity index (χ2v) is 6.59. The largest absolute Gasteiger partial charge is 0.493 e. The number of carbonyl (C=O) groups is 1. The normalized spacial score (nSPS) is 14.9. The van der Waals surface area contributed by atoms with Crippen LogP contribution in [0.5, 0.6) is 5.75 Å². The molecule has 2 aromatic heterocycles. The maximum absolute atomic E-state index is 11.2. The predicted octanol–water partition coefficient (Wildman–Crippen LogP) is 1.33. The van der Waals surface area contributed by atoms with Gasteiger partial charge in [0.15, 0.2) is 0 Å². The molecule has 0 aromatic carbocycles. The fourth-order valence-corrected chi connectivity index (χ4v) is 2.89. The highest BCUT2D eigenvalue weighted by Crippen LogP contribution is 2.23. The van der Waals surface area contributed by atoms with Gasteiger partial charge in [-0.05, 0) is 30.9 Å². The van der Waals surface area contributed by atoms with Crippen LogP contribution in [0.4, 0.5) is 11.8 Å². The number of anilines is 2. The first-order valence-corrected chi connectivity index (χ1v) is 8.67. The number of hydrogen-bond donors (Lipinski definition) is 1. The van der Waals surface area contributed by atoms with E-state index in [0.717, 1.165) is 37.7 Å². The number of nitrogens with zero attached hydrogens (tertiary/aromatic N) is 5. The van der Waals surface area contributed by atoms with Gasteiger partial charge in [-0.25, -0.2) is 4.98 Å². The Labute approximate surface area is 153 Å². The van der Waals surface area contributed by atoms with Crippen LogP contribution in [-0.4, -0.2) is 54.7 Å². The van der Waals surface area contributed by atoms with Crippen molar-refractivity contribution in [3.63, 3.8) is 0 Å². The van der Waals surface area contributed by atoms with Gasteiger partial charge in [0, 0.05) is 45.6 Å². The number of carbonyl (C=O) groups excluding carboxylic acids is 1. The minimum absolute atomic E-state index is 0.218. The van der Waals surface area contributed by atoms with Gasteiger partial charge in [0.1, 0.15) is 17.3 Å². The third-order valence-electron chi connectivity index (χ3n) is 4.45. The Morgan fingerprint density at radius 2 is 2.00 bits per heavy atom. The van der Waals surface area contributed by atoms with Gasteiger partial charge in [-0.1, -0.05) is 0 Å². The third-order valence-corrected chi connectivity index (χ3v) is 4.45. The van der Waals surface area contributed by atoms with Gasteiger partial charge in [-0.3, -0.25) is 9.78 Å². The topological polar surface area (TPSA) is 97.5 Å². The van der Waals surface area contributed by atoms with Gasteiger partial charge < -0.3 is 20.3 Å². The van der Waals surface area contributed by atoms with Crippen molar-refractivity contribution < 1.29 is 9.53 Å². The summed E-state index contributed by atoms with van der Waals surface area (Å²) in [5.41, 5.74) is 5.46. The molecule has 2 N–H and O–H groups in total. The first kappa shape index (κ1) is 17.9. The lowest BCUT2D eigenvalue weighted by molar-refractivity contribution is 0.0995. The summed E-state index contributed by atoms with van der Waals surface area (Å²) in [5, 5.41) is 0. The molecular formula is C18H24N6O2. The number of pyridine rings is 1. The van der Waals surface area contributed by atoms with Crippen molar-refractivity contribution in [2.45, 2.75) is 12.8 Å². The third kappa shape index (κ3) is 4.38. The van der Waals surface area contributed by atoms with Crippen molar-refractivity contribution >= 4 is 17.7 Å². The first-order chi connectivity index (χ1) is 12.5. The van der Waals surface area contributed by atoms with Gasteiger partial charge in [-0.2, -0.15) is 4.98 Å². The molecule has 0 unspecified atom stereocenters. The van der Waals surface area contributed by atoms with Crippen molar-refractivity contribution in [1.29, 1.82) is 0 Å². The van der Waals surface area contributed by atoms with Crippen molar-refractivity contribution in [1.82, 2.24) is 15.0 Å². The predicted molar refractivity (Wildman–Crippen MR) is 99.5 cm³/mol. The number of ether oxygens (including phenoxy) is 1. The molecule has 0 atom stereocenters. The van der Waals surface area contributed by atoms with E-state index < -0.39 is 5.91 Å². The zero-order valence-corrected chi connectivity index (χ0v) is 15.1. The first-order valence-electron chi connectivity index (χ1n) is 8.67. The number of nitrogens with two attached hydrogens (primary N) is 1. The molecule has 26 heavy (non-hydrogen) atoms. The Kier molecular flexibility index (Phi) is 5.50. The molecule has 0 radical (unpaired) electrons. The van der Waals surface area contributed by atoms with Gasteiger partial charge >= 0.3 is 0 Å². The van der Waals surface area contributed by atoms with E-state index in [1.54, 1.807) is 18.3 Å². The van der Waals surface area contributed by atoms with Crippen LogP contribution >= 0.6 is 0 Å². The molecular weight excluding hydrogens is 332 g/mol. The summed E-state index contributed by atoms with van der Waals surface area (Å²) in [4.78, 5) is 28.3. The summed E-state index contributed by atoms with van der Waals surface area (Å²) in [6.07, 6.45) is 5.34. The van der Waals surface area contributed by atoms with Gasteiger partial charge in [-0.15, -0.1) is 0 Å². The highest BCUT2D eigenvalue weighted by Gasteiger charge is 2.22. The molecule has 3 rings (SSSR count). The van der Waals surface area contributed by atoms with E-state index in [0.29, 0.717) is 18.3 Å². The van der Waals surface area contributed by atoms with Crippen molar-refractivity contribution in [3.8, 4) is 5.75 Å². The summed E-state index contributed by atoms with van der Waals surface area (Å²) in [7, 11) is 3.94. The average molecular weight is 356 g/mol. The van der Waals surface area contributed by atoms with Gasteiger partial charge in [0.05, 0.1) is 6.61 Å². The molecule has 138 valence electrons. The zero-order chi connectivity index (χ0) is 18.5. The molecule has 1 aliphatic heterocycles.